The molecular formula is C19H22N6O. The van der Waals surface area contributed by atoms with Crippen LogP contribution in [0.3, 0.4) is 0 Å². The van der Waals surface area contributed by atoms with Crippen molar-refractivity contribution >= 4 is 11.4 Å². The van der Waals surface area contributed by atoms with E-state index in [9.17, 15) is 0 Å². The molecule has 0 fully saturated rings. The Balaban J connectivity index is 2.04. The summed E-state index contributed by atoms with van der Waals surface area (Å²) in [5, 5.41) is 18.3. The largest absolute Gasteiger partial charge is 0.477 e. The van der Waals surface area contributed by atoms with Crippen molar-refractivity contribution in [2.24, 2.45) is 0 Å². The minimum atomic E-state index is 0.414. The van der Waals surface area contributed by atoms with Crippen LogP contribution in [-0.4, -0.2) is 32.5 Å². The number of hydrogen-bond donors (Lipinski definition) is 3. The van der Waals surface area contributed by atoms with Crippen molar-refractivity contribution in [3.63, 3.8) is 0 Å². The Morgan fingerprint density at radius 2 is 2.23 bits per heavy atom. The average molecular weight is 350 g/mol. The fourth-order valence-electron chi connectivity index (χ4n) is 2.70. The van der Waals surface area contributed by atoms with Crippen molar-refractivity contribution in [2.45, 2.75) is 27.3 Å². The van der Waals surface area contributed by atoms with Crippen LogP contribution in [-0.2, 0) is 6.54 Å². The number of H-pyrrole nitrogens is 1. The normalized spacial score (nSPS) is 10.6. The molecule has 134 valence electrons. The Hall–Kier alpha value is -3.22. The summed E-state index contributed by atoms with van der Waals surface area (Å²) in [5.74, 6) is 0.542. The standard InChI is InChI=1S/C19H22N6O/c1-4-26-19-15(6-5-7-21-19)17-8-16(12(2)18(25-17)13(3)20)22-9-14-10-23-24-11-14/h5-8,10-11,20H,4,9H2,1-3H3,(H,22,25)(H,23,24). The van der Waals surface area contributed by atoms with Crippen LogP contribution in [0.15, 0.2) is 36.8 Å². The van der Waals surface area contributed by atoms with E-state index in [4.69, 9.17) is 10.1 Å². The molecule has 0 saturated carbocycles. The molecule has 7 nitrogen and oxygen atoms in total. The maximum absolute atomic E-state index is 8.09. The molecule has 0 saturated heterocycles. The molecule has 26 heavy (non-hydrogen) atoms. The number of nitrogens with one attached hydrogen (secondary N) is 3. The maximum Gasteiger partial charge on any atom is 0.222 e. The Morgan fingerprint density at radius 3 is 2.92 bits per heavy atom. The van der Waals surface area contributed by atoms with Gasteiger partial charge in [-0.25, -0.2) is 9.97 Å². The Kier molecular flexibility index (Phi) is 5.26. The molecule has 0 aliphatic rings. The van der Waals surface area contributed by atoms with Gasteiger partial charge in [0.2, 0.25) is 5.88 Å². The smallest absolute Gasteiger partial charge is 0.222 e. The van der Waals surface area contributed by atoms with Crippen molar-refractivity contribution in [3.8, 4) is 17.1 Å². The summed E-state index contributed by atoms with van der Waals surface area (Å²) >= 11 is 0. The minimum Gasteiger partial charge on any atom is -0.477 e. The molecule has 0 unspecified atom stereocenters. The van der Waals surface area contributed by atoms with Crippen LogP contribution < -0.4 is 10.1 Å². The van der Waals surface area contributed by atoms with E-state index in [2.05, 4.69) is 25.5 Å². The third-order valence-corrected chi connectivity index (χ3v) is 3.99. The highest BCUT2D eigenvalue weighted by Gasteiger charge is 2.15. The van der Waals surface area contributed by atoms with Gasteiger partial charge in [-0.3, -0.25) is 5.10 Å². The molecule has 0 radical (unpaired) electrons. The molecular weight excluding hydrogens is 328 g/mol. The predicted octanol–water partition coefficient (Wildman–Crippen LogP) is 3.57. The van der Waals surface area contributed by atoms with E-state index >= 15 is 0 Å². The van der Waals surface area contributed by atoms with Crippen molar-refractivity contribution in [1.29, 1.82) is 5.41 Å². The van der Waals surface area contributed by atoms with Gasteiger partial charge in [0.15, 0.2) is 0 Å². The first-order valence-corrected chi connectivity index (χ1v) is 8.47. The molecule has 0 atom stereocenters. The summed E-state index contributed by atoms with van der Waals surface area (Å²) in [5.41, 5.74) is 5.51. The van der Waals surface area contributed by atoms with Crippen molar-refractivity contribution < 1.29 is 4.74 Å². The number of ether oxygens (including phenoxy) is 1. The molecule has 3 aromatic heterocycles. The topological polar surface area (TPSA) is 99.6 Å². The maximum atomic E-state index is 8.09. The number of nitrogens with zero attached hydrogens (tertiary/aromatic N) is 3. The van der Waals surface area contributed by atoms with Crippen LogP contribution in [0.2, 0.25) is 0 Å². The fourth-order valence-corrected chi connectivity index (χ4v) is 2.70. The van der Waals surface area contributed by atoms with E-state index in [1.165, 1.54) is 0 Å². The summed E-state index contributed by atoms with van der Waals surface area (Å²) in [6.45, 7) is 6.78. The van der Waals surface area contributed by atoms with Crippen LogP contribution in [0.5, 0.6) is 5.88 Å². The zero-order valence-corrected chi connectivity index (χ0v) is 15.1. The number of pyridine rings is 2. The molecule has 0 bridgehead atoms. The van der Waals surface area contributed by atoms with Crippen LogP contribution in [0, 0.1) is 12.3 Å². The van der Waals surface area contributed by atoms with Gasteiger partial charge in [-0.05, 0) is 44.5 Å². The highest BCUT2D eigenvalue weighted by Crippen LogP contribution is 2.31. The van der Waals surface area contributed by atoms with Crippen LogP contribution >= 0.6 is 0 Å². The molecule has 0 spiro atoms. The third kappa shape index (κ3) is 3.72. The summed E-state index contributed by atoms with van der Waals surface area (Å²) in [7, 11) is 0. The van der Waals surface area contributed by atoms with Gasteiger partial charge in [-0.15, -0.1) is 0 Å². The second-order valence-corrected chi connectivity index (χ2v) is 5.90. The van der Waals surface area contributed by atoms with E-state index in [0.29, 0.717) is 30.4 Å². The molecule has 0 aliphatic heterocycles. The van der Waals surface area contributed by atoms with Crippen molar-refractivity contribution in [1.82, 2.24) is 20.2 Å². The first kappa shape index (κ1) is 17.6. The first-order valence-electron chi connectivity index (χ1n) is 8.47. The lowest BCUT2D eigenvalue weighted by atomic mass is 10.1. The number of anilines is 1. The van der Waals surface area contributed by atoms with Crippen molar-refractivity contribution in [3.05, 3.63) is 53.6 Å². The zero-order chi connectivity index (χ0) is 18.5. The molecule has 0 aliphatic carbocycles. The minimum absolute atomic E-state index is 0.414. The van der Waals surface area contributed by atoms with Gasteiger partial charge in [-0.1, -0.05) is 0 Å². The molecule has 3 rings (SSSR count). The lowest BCUT2D eigenvalue weighted by Crippen LogP contribution is -2.08. The summed E-state index contributed by atoms with van der Waals surface area (Å²) in [6, 6.07) is 5.76. The molecule has 3 aromatic rings. The third-order valence-electron chi connectivity index (χ3n) is 3.99. The van der Waals surface area contributed by atoms with Gasteiger partial charge in [0.05, 0.1) is 35.5 Å². The summed E-state index contributed by atoms with van der Waals surface area (Å²) in [6.07, 6.45) is 5.33. The average Bonchev–Trinajstić information content (AvgIpc) is 3.15. The fraction of sp³-hybridized carbons (Fsp3) is 0.263. The first-order chi connectivity index (χ1) is 12.6. The summed E-state index contributed by atoms with van der Waals surface area (Å²) < 4.78 is 5.64. The van der Waals surface area contributed by atoms with Crippen LogP contribution in [0.25, 0.3) is 11.3 Å². The lowest BCUT2D eigenvalue weighted by Gasteiger charge is -2.16. The van der Waals surface area contributed by atoms with E-state index < -0.39 is 0 Å². The quantitative estimate of drug-likeness (QED) is 0.566. The molecule has 3 N–H and O–H groups in total. The lowest BCUT2D eigenvalue weighted by molar-refractivity contribution is 0.328. The Bertz CT molecular complexity index is 904. The van der Waals surface area contributed by atoms with E-state index in [-0.39, 0.29) is 0 Å². The van der Waals surface area contributed by atoms with E-state index in [1.54, 1.807) is 19.3 Å². The molecule has 7 heteroatoms. The Labute approximate surface area is 152 Å². The number of rotatable bonds is 7. The van der Waals surface area contributed by atoms with Gasteiger partial charge in [0.1, 0.15) is 0 Å². The predicted molar refractivity (Wildman–Crippen MR) is 102 cm³/mol. The van der Waals surface area contributed by atoms with Crippen LogP contribution in [0.4, 0.5) is 5.69 Å². The van der Waals surface area contributed by atoms with Gasteiger partial charge in [-0.2, -0.15) is 5.10 Å². The highest BCUT2D eigenvalue weighted by molar-refractivity contribution is 5.97. The number of hydrogen-bond acceptors (Lipinski definition) is 6. The highest BCUT2D eigenvalue weighted by atomic mass is 16.5. The number of aromatic amines is 1. The molecule has 3 heterocycles. The zero-order valence-electron chi connectivity index (χ0n) is 15.1. The monoisotopic (exact) mass is 350 g/mol. The van der Waals surface area contributed by atoms with Gasteiger partial charge in [0, 0.05) is 30.2 Å². The second-order valence-electron chi connectivity index (χ2n) is 5.90. The van der Waals surface area contributed by atoms with E-state index in [1.807, 2.05) is 38.2 Å². The molecule has 0 amide bonds. The van der Waals surface area contributed by atoms with Gasteiger partial charge >= 0.3 is 0 Å². The summed E-state index contributed by atoms with van der Waals surface area (Å²) in [4.78, 5) is 9.00. The van der Waals surface area contributed by atoms with Crippen LogP contribution in [0.1, 0.15) is 30.7 Å². The van der Waals surface area contributed by atoms with E-state index in [0.717, 1.165) is 28.1 Å². The van der Waals surface area contributed by atoms with Gasteiger partial charge < -0.3 is 15.5 Å². The molecule has 0 aromatic carbocycles. The SMILES string of the molecule is CCOc1ncccc1-c1cc(NCc2cn[nH]c2)c(C)c(C(C)=N)n1. The number of aromatic nitrogens is 4. The second kappa shape index (κ2) is 7.77. The Morgan fingerprint density at radius 1 is 1.38 bits per heavy atom. The van der Waals surface area contributed by atoms with Gasteiger partial charge in [0.25, 0.3) is 0 Å². The van der Waals surface area contributed by atoms with Crippen molar-refractivity contribution in [2.75, 3.05) is 11.9 Å².